The van der Waals surface area contributed by atoms with Gasteiger partial charge in [0, 0.05) is 17.8 Å². The smallest absolute Gasteiger partial charge is 0.129 e. The first kappa shape index (κ1) is 14.8. The second-order valence-corrected chi connectivity index (χ2v) is 5.41. The maximum absolute atomic E-state index is 9.30. The molecule has 0 aliphatic rings. The van der Waals surface area contributed by atoms with Crippen LogP contribution in [-0.4, -0.2) is 17.1 Å². The lowest BCUT2D eigenvalue weighted by atomic mass is 10.1. The van der Waals surface area contributed by atoms with Crippen molar-refractivity contribution in [3.8, 4) is 0 Å². The van der Waals surface area contributed by atoms with Crippen LogP contribution in [0.2, 0.25) is 5.02 Å². The van der Waals surface area contributed by atoms with Gasteiger partial charge in [-0.15, -0.1) is 0 Å². The highest BCUT2D eigenvalue weighted by Crippen LogP contribution is 2.26. The van der Waals surface area contributed by atoms with Crippen molar-refractivity contribution in [1.82, 2.24) is 4.98 Å². The zero-order valence-electron chi connectivity index (χ0n) is 12.0. The molecule has 106 valence electrons. The molecule has 0 saturated carbocycles. The molecular formula is C16H19ClN2O. The van der Waals surface area contributed by atoms with E-state index in [0.29, 0.717) is 0 Å². The minimum absolute atomic E-state index is 0.0236. The monoisotopic (exact) mass is 290 g/mol. The van der Waals surface area contributed by atoms with Crippen molar-refractivity contribution in [2.75, 3.05) is 11.9 Å². The molecule has 0 aliphatic carbocycles. The highest BCUT2D eigenvalue weighted by atomic mass is 35.5. The van der Waals surface area contributed by atoms with Crippen LogP contribution in [-0.2, 0) is 6.61 Å². The molecule has 0 amide bonds. The van der Waals surface area contributed by atoms with Crippen LogP contribution < -0.4 is 4.90 Å². The summed E-state index contributed by atoms with van der Waals surface area (Å²) >= 11 is 6.05. The number of aliphatic hydroxyl groups excluding tert-OH is 1. The van der Waals surface area contributed by atoms with Crippen LogP contribution in [0.5, 0.6) is 0 Å². The van der Waals surface area contributed by atoms with E-state index >= 15 is 0 Å². The number of rotatable bonds is 4. The van der Waals surface area contributed by atoms with Gasteiger partial charge in [-0.05, 0) is 49.2 Å². The van der Waals surface area contributed by atoms with Gasteiger partial charge in [-0.3, -0.25) is 0 Å². The Morgan fingerprint density at radius 1 is 1.30 bits per heavy atom. The van der Waals surface area contributed by atoms with E-state index in [2.05, 4.69) is 22.9 Å². The summed E-state index contributed by atoms with van der Waals surface area (Å²) in [5, 5.41) is 10.0. The molecule has 1 aromatic heterocycles. The molecule has 2 aromatic rings. The molecule has 3 nitrogen and oxygen atoms in total. The van der Waals surface area contributed by atoms with E-state index in [1.165, 1.54) is 0 Å². The lowest BCUT2D eigenvalue weighted by Crippen LogP contribution is -2.23. The number of aliphatic hydroxyl groups is 1. The first-order chi connectivity index (χ1) is 9.51. The zero-order valence-corrected chi connectivity index (χ0v) is 12.7. The number of benzene rings is 1. The van der Waals surface area contributed by atoms with Crippen molar-refractivity contribution in [2.45, 2.75) is 26.5 Å². The molecule has 4 heteroatoms. The van der Waals surface area contributed by atoms with Gasteiger partial charge in [0.2, 0.25) is 0 Å². The third kappa shape index (κ3) is 3.30. The molecule has 0 radical (unpaired) electrons. The van der Waals surface area contributed by atoms with Crippen molar-refractivity contribution >= 4 is 17.4 Å². The van der Waals surface area contributed by atoms with E-state index < -0.39 is 0 Å². The van der Waals surface area contributed by atoms with E-state index in [9.17, 15) is 5.11 Å². The predicted molar refractivity (Wildman–Crippen MR) is 83.2 cm³/mol. The summed E-state index contributed by atoms with van der Waals surface area (Å²) in [5.41, 5.74) is 2.91. The Hall–Kier alpha value is -1.58. The van der Waals surface area contributed by atoms with Gasteiger partial charge in [-0.1, -0.05) is 23.7 Å². The maximum Gasteiger partial charge on any atom is 0.129 e. The molecule has 1 heterocycles. The molecule has 20 heavy (non-hydrogen) atoms. The first-order valence-corrected chi connectivity index (χ1v) is 6.96. The van der Waals surface area contributed by atoms with Gasteiger partial charge in [0.1, 0.15) is 5.82 Å². The standard InChI is InChI=1S/C16H19ClN2O/c1-11-7-13(10-20)8-16(18-11)19(3)12(2)14-5-4-6-15(17)9-14/h4-9,12,20H,10H2,1-3H3. The summed E-state index contributed by atoms with van der Waals surface area (Å²) in [4.78, 5) is 6.61. The largest absolute Gasteiger partial charge is 0.392 e. The molecule has 1 atom stereocenters. The Morgan fingerprint density at radius 2 is 2.05 bits per heavy atom. The van der Waals surface area contributed by atoms with Gasteiger partial charge in [0.25, 0.3) is 0 Å². The molecule has 2 rings (SSSR count). The molecule has 0 aliphatic heterocycles. The maximum atomic E-state index is 9.30. The van der Waals surface area contributed by atoms with Crippen molar-refractivity contribution in [3.63, 3.8) is 0 Å². The SMILES string of the molecule is Cc1cc(CO)cc(N(C)C(C)c2cccc(Cl)c2)n1. The van der Waals surface area contributed by atoms with E-state index in [-0.39, 0.29) is 12.6 Å². The fourth-order valence-corrected chi connectivity index (χ4v) is 2.38. The molecule has 0 spiro atoms. The lowest BCUT2D eigenvalue weighted by Gasteiger charge is -2.27. The van der Waals surface area contributed by atoms with Crippen LogP contribution in [0, 0.1) is 6.92 Å². The fraction of sp³-hybridized carbons (Fsp3) is 0.312. The number of hydrogen-bond acceptors (Lipinski definition) is 3. The van der Waals surface area contributed by atoms with E-state index in [1.807, 2.05) is 44.3 Å². The van der Waals surface area contributed by atoms with Gasteiger partial charge in [-0.25, -0.2) is 4.98 Å². The van der Waals surface area contributed by atoms with E-state index in [4.69, 9.17) is 11.6 Å². The molecule has 1 aromatic carbocycles. The average Bonchev–Trinajstić information content (AvgIpc) is 2.45. The summed E-state index contributed by atoms with van der Waals surface area (Å²) in [7, 11) is 1.99. The highest BCUT2D eigenvalue weighted by Gasteiger charge is 2.14. The topological polar surface area (TPSA) is 36.4 Å². The fourth-order valence-electron chi connectivity index (χ4n) is 2.18. The molecule has 1 N–H and O–H groups in total. The van der Waals surface area contributed by atoms with E-state index in [0.717, 1.165) is 27.7 Å². The van der Waals surface area contributed by atoms with Crippen LogP contribution in [0.1, 0.15) is 29.8 Å². The minimum Gasteiger partial charge on any atom is -0.392 e. The molecule has 0 bridgehead atoms. The van der Waals surface area contributed by atoms with Crippen LogP contribution in [0.3, 0.4) is 0 Å². The van der Waals surface area contributed by atoms with Gasteiger partial charge in [-0.2, -0.15) is 0 Å². The second kappa shape index (κ2) is 6.25. The summed E-state index contributed by atoms with van der Waals surface area (Å²) < 4.78 is 0. The quantitative estimate of drug-likeness (QED) is 0.932. The third-order valence-electron chi connectivity index (χ3n) is 3.46. The Labute approximate surface area is 124 Å². The van der Waals surface area contributed by atoms with Crippen molar-refractivity contribution in [3.05, 3.63) is 58.2 Å². The number of anilines is 1. The number of aryl methyl sites for hydroxylation is 1. The third-order valence-corrected chi connectivity index (χ3v) is 3.69. The first-order valence-electron chi connectivity index (χ1n) is 6.58. The number of aromatic nitrogens is 1. The van der Waals surface area contributed by atoms with Gasteiger partial charge < -0.3 is 10.0 Å². The van der Waals surface area contributed by atoms with Gasteiger partial charge in [0.05, 0.1) is 12.6 Å². The summed E-state index contributed by atoms with van der Waals surface area (Å²) in [5.74, 6) is 0.849. The van der Waals surface area contributed by atoms with Crippen LogP contribution in [0.25, 0.3) is 0 Å². The minimum atomic E-state index is 0.0236. The number of pyridine rings is 1. The number of halogens is 1. The molecule has 0 saturated heterocycles. The van der Waals surface area contributed by atoms with Crippen molar-refractivity contribution in [2.24, 2.45) is 0 Å². The summed E-state index contributed by atoms with van der Waals surface area (Å²) in [6, 6.07) is 11.8. The Balaban J connectivity index is 2.30. The van der Waals surface area contributed by atoms with E-state index in [1.54, 1.807) is 0 Å². The molecule has 1 unspecified atom stereocenters. The van der Waals surface area contributed by atoms with Crippen LogP contribution in [0.15, 0.2) is 36.4 Å². The lowest BCUT2D eigenvalue weighted by molar-refractivity contribution is 0.281. The van der Waals surface area contributed by atoms with Crippen LogP contribution >= 0.6 is 11.6 Å². The molecule has 0 fully saturated rings. The normalized spacial score (nSPS) is 12.2. The van der Waals surface area contributed by atoms with Gasteiger partial charge >= 0.3 is 0 Å². The van der Waals surface area contributed by atoms with Crippen molar-refractivity contribution in [1.29, 1.82) is 0 Å². The predicted octanol–water partition coefficient (Wildman–Crippen LogP) is 3.73. The average molecular weight is 291 g/mol. The Bertz CT molecular complexity index is 601. The number of nitrogens with zero attached hydrogens (tertiary/aromatic N) is 2. The molecular weight excluding hydrogens is 272 g/mol. The van der Waals surface area contributed by atoms with Crippen molar-refractivity contribution < 1.29 is 5.11 Å². The Morgan fingerprint density at radius 3 is 2.70 bits per heavy atom. The van der Waals surface area contributed by atoms with Crippen LogP contribution in [0.4, 0.5) is 5.82 Å². The summed E-state index contributed by atoms with van der Waals surface area (Å²) in [6.07, 6.45) is 0. The number of hydrogen-bond donors (Lipinski definition) is 1. The second-order valence-electron chi connectivity index (χ2n) is 4.97. The highest BCUT2D eigenvalue weighted by molar-refractivity contribution is 6.30. The zero-order chi connectivity index (χ0) is 14.7. The summed E-state index contributed by atoms with van der Waals surface area (Å²) in [6.45, 7) is 4.06. The Kier molecular flexibility index (Phi) is 4.63. The van der Waals surface area contributed by atoms with Gasteiger partial charge in [0.15, 0.2) is 0 Å².